The monoisotopic (exact) mass is 358 g/mol. The SMILES string of the molecule is O=C(O)C1CCCN(C(=O)NCc2cc(Br)ccc2F)C1. The molecule has 2 amide bonds. The second-order valence-corrected chi connectivity index (χ2v) is 5.93. The average Bonchev–Trinajstić information content (AvgIpc) is 2.48. The molecule has 0 radical (unpaired) electrons. The molecule has 1 aromatic carbocycles. The Bertz CT molecular complexity index is 553. The Morgan fingerprint density at radius 2 is 2.24 bits per heavy atom. The average molecular weight is 359 g/mol. The van der Waals surface area contributed by atoms with Crippen LogP contribution in [-0.2, 0) is 11.3 Å². The molecule has 7 heteroatoms. The second kappa shape index (κ2) is 6.89. The lowest BCUT2D eigenvalue weighted by Gasteiger charge is -2.30. The van der Waals surface area contributed by atoms with Gasteiger partial charge in [-0.05, 0) is 31.0 Å². The second-order valence-electron chi connectivity index (χ2n) is 5.02. The standard InChI is InChI=1S/C14H16BrFN2O3/c15-11-3-4-12(16)10(6-11)7-17-14(21)18-5-1-2-9(8-18)13(19)20/h3-4,6,9H,1-2,5,7-8H2,(H,17,21)(H,19,20). The minimum Gasteiger partial charge on any atom is -0.481 e. The summed E-state index contributed by atoms with van der Waals surface area (Å²) in [7, 11) is 0. The van der Waals surface area contributed by atoms with Crippen molar-refractivity contribution >= 4 is 27.9 Å². The summed E-state index contributed by atoms with van der Waals surface area (Å²) in [6.45, 7) is 0.789. The Kier molecular flexibility index (Phi) is 5.17. The van der Waals surface area contributed by atoms with Crippen molar-refractivity contribution in [3.8, 4) is 0 Å². The summed E-state index contributed by atoms with van der Waals surface area (Å²) in [6.07, 6.45) is 1.25. The van der Waals surface area contributed by atoms with E-state index in [0.29, 0.717) is 24.9 Å². The summed E-state index contributed by atoms with van der Waals surface area (Å²) >= 11 is 3.25. The molecule has 21 heavy (non-hydrogen) atoms. The first-order valence-electron chi connectivity index (χ1n) is 6.67. The van der Waals surface area contributed by atoms with Gasteiger partial charge in [-0.25, -0.2) is 9.18 Å². The van der Waals surface area contributed by atoms with Crippen LogP contribution in [0.5, 0.6) is 0 Å². The van der Waals surface area contributed by atoms with Crippen LogP contribution >= 0.6 is 15.9 Å². The van der Waals surface area contributed by atoms with Crippen LogP contribution in [0.2, 0.25) is 0 Å². The molecule has 2 N–H and O–H groups in total. The van der Waals surface area contributed by atoms with E-state index >= 15 is 0 Å². The quantitative estimate of drug-likeness (QED) is 0.872. The fraction of sp³-hybridized carbons (Fsp3) is 0.429. The highest BCUT2D eigenvalue weighted by molar-refractivity contribution is 9.10. The van der Waals surface area contributed by atoms with Crippen LogP contribution < -0.4 is 5.32 Å². The Balaban J connectivity index is 1.92. The first-order chi connectivity index (χ1) is 9.97. The highest BCUT2D eigenvalue weighted by Gasteiger charge is 2.27. The number of likely N-dealkylation sites (tertiary alicyclic amines) is 1. The van der Waals surface area contributed by atoms with Crippen LogP contribution in [0, 0.1) is 11.7 Å². The van der Waals surface area contributed by atoms with Gasteiger partial charge in [0.1, 0.15) is 5.82 Å². The molecule has 0 aliphatic carbocycles. The van der Waals surface area contributed by atoms with Gasteiger partial charge in [-0.2, -0.15) is 0 Å². The van der Waals surface area contributed by atoms with Crippen molar-refractivity contribution in [3.05, 3.63) is 34.1 Å². The number of aliphatic carboxylic acids is 1. The Morgan fingerprint density at radius 1 is 1.48 bits per heavy atom. The zero-order valence-electron chi connectivity index (χ0n) is 11.3. The van der Waals surface area contributed by atoms with E-state index in [-0.39, 0.29) is 24.9 Å². The molecule has 1 aromatic rings. The number of halogens is 2. The normalized spacial score (nSPS) is 18.4. The van der Waals surface area contributed by atoms with Crippen molar-refractivity contribution in [2.75, 3.05) is 13.1 Å². The van der Waals surface area contributed by atoms with Crippen LogP contribution in [0.25, 0.3) is 0 Å². The molecule has 2 rings (SSSR count). The summed E-state index contributed by atoms with van der Waals surface area (Å²) in [5.41, 5.74) is 0.379. The molecule has 1 aliphatic heterocycles. The van der Waals surface area contributed by atoms with Crippen molar-refractivity contribution in [1.29, 1.82) is 0 Å². The van der Waals surface area contributed by atoms with Crippen molar-refractivity contribution < 1.29 is 19.1 Å². The molecule has 1 aliphatic rings. The number of carbonyl (C=O) groups is 2. The van der Waals surface area contributed by atoms with E-state index in [1.807, 2.05) is 0 Å². The molecule has 1 saturated heterocycles. The van der Waals surface area contributed by atoms with Gasteiger partial charge in [-0.15, -0.1) is 0 Å². The fourth-order valence-corrected chi connectivity index (χ4v) is 2.73. The third-order valence-corrected chi connectivity index (χ3v) is 3.99. The van der Waals surface area contributed by atoms with Crippen LogP contribution in [0.4, 0.5) is 9.18 Å². The number of piperidine rings is 1. The molecule has 114 valence electrons. The third kappa shape index (κ3) is 4.17. The van der Waals surface area contributed by atoms with Crippen LogP contribution in [0.1, 0.15) is 18.4 Å². The summed E-state index contributed by atoms with van der Waals surface area (Å²) < 4.78 is 14.3. The van der Waals surface area contributed by atoms with Gasteiger partial charge in [-0.3, -0.25) is 4.79 Å². The van der Waals surface area contributed by atoms with Gasteiger partial charge < -0.3 is 15.3 Å². The number of hydrogen-bond acceptors (Lipinski definition) is 2. The molecule has 0 bridgehead atoms. The first-order valence-corrected chi connectivity index (χ1v) is 7.46. The number of nitrogens with zero attached hydrogens (tertiary/aromatic N) is 1. The smallest absolute Gasteiger partial charge is 0.317 e. The van der Waals surface area contributed by atoms with Gasteiger partial charge in [0, 0.05) is 29.7 Å². The molecular formula is C14H16BrFN2O3. The molecule has 0 spiro atoms. The molecule has 1 atom stereocenters. The molecule has 1 fully saturated rings. The number of nitrogens with one attached hydrogen (secondary N) is 1. The van der Waals surface area contributed by atoms with Gasteiger partial charge >= 0.3 is 12.0 Å². The number of urea groups is 1. The van der Waals surface area contributed by atoms with E-state index in [1.54, 1.807) is 12.1 Å². The number of amides is 2. The maximum atomic E-state index is 13.6. The molecule has 0 aromatic heterocycles. The predicted molar refractivity (Wildman–Crippen MR) is 78.3 cm³/mol. The highest BCUT2D eigenvalue weighted by Crippen LogP contribution is 2.18. The van der Waals surface area contributed by atoms with Crippen molar-refractivity contribution in [2.45, 2.75) is 19.4 Å². The lowest BCUT2D eigenvalue weighted by Crippen LogP contribution is -2.46. The maximum absolute atomic E-state index is 13.6. The minimum absolute atomic E-state index is 0.0678. The van der Waals surface area contributed by atoms with Gasteiger partial charge in [0.05, 0.1) is 5.92 Å². The highest BCUT2D eigenvalue weighted by atomic mass is 79.9. The fourth-order valence-electron chi connectivity index (χ4n) is 2.32. The summed E-state index contributed by atoms with van der Waals surface area (Å²) in [5.74, 6) is -1.79. The van der Waals surface area contributed by atoms with Crippen molar-refractivity contribution in [1.82, 2.24) is 10.2 Å². The van der Waals surface area contributed by atoms with Crippen molar-refractivity contribution in [2.24, 2.45) is 5.92 Å². The van der Waals surface area contributed by atoms with E-state index in [4.69, 9.17) is 5.11 Å². The lowest BCUT2D eigenvalue weighted by molar-refractivity contribution is -0.143. The number of carboxylic acids is 1. The largest absolute Gasteiger partial charge is 0.481 e. The van der Waals surface area contributed by atoms with Gasteiger partial charge in [0.15, 0.2) is 0 Å². The number of benzene rings is 1. The molecule has 5 nitrogen and oxygen atoms in total. The first kappa shape index (κ1) is 15.8. The maximum Gasteiger partial charge on any atom is 0.317 e. The van der Waals surface area contributed by atoms with Crippen LogP contribution in [0.3, 0.4) is 0 Å². The number of carboxylic acid groups (broad SMARTS) is 1. The van der Waals surface area contributed by atoms with Crippen LogP contribution in [-0.4, -0.2) is 35.1 Å². The van der Waals surface area contributed by atoms with Gasteiger partial charge in [0.2, 0.25) is 0 Å². The molecule has 1 unspecified atom stereocenters. The lowest BCUT2D eigenvalue weighted by atomic mass is 9.99. The summed E-state index contributed by atoms with van der Waals surface area (Å²) in [5, 5.41) is 11.6. The van der Waals surface area contributed by atoms with Crippen LogP contribution in [0.15, 0.2) is 22.7 Å². The Labute approximate surface area is 130 Å². The van der Waals surface area contributed by atoms with E-state index in [2.05, 4.69) is 21.2 Å². The predicted octanol–water partition coefficient (Wildman–Crippen LogP) is 2.59. The van der Waals surface area contributed by atoms with Gasteiger partial charge in [0.25, 0.3) is 0 Å². The Morgan fingerprint density at radius 3 is 2.95 bits per heavy atom. The number of carbonyl (C=O) groups excluding carboxylic acids is 1. The molecule has 0 saturated carbocycles. The van der Waals surface area contributed by atoms with Gasteiger partial charge in [-0.1, -0.05) is 15.9 Å². The molecule has 1 heterocycles. The topological polar surface area (TPSA) is 69.6 Å². The van der Waals surface area contributed by atoms with E-state index in [0.717, 1.165) is 4.47 Å². The van der Waals surface area contributed by atoms with E-state index in [1.165, 1.54) is 11.0 Å². The van der Waals surface area contributed by atoms with E-state index in [9.17, 15) is 14.0 Å². The number of rotatable bonds is 3. The zero-order chi connectivity index (χ0) is 15.4. The summed E-state index contributed by atoms with van der Waals surface area (Å²) in [6, 6.07) is 4.15. The Hall–Kier alpha value is -1.63. The van der Waals surface area contributed by atoms with Crippen molar-refractivity contribution in [3.63, 3.8) is 0 Å². The zero-order valence-corrected chi connectivity index (χ0v) is 12.9. The summed E-state index contributed by atoms with van der Waals surface area (Å²) in [4.78, 5) is 24.5. The number of hydrogen-bond donors (Lipinski definition) is 2. The minimum atomic E-state index is -0.884. The third-order valence-electron chi connectivity index (χ3n) is 3.50. The van der Waals surface area contributed by atoms with E-state index < -0.39 is 11.9 Å². The molecular weight excluding hydrogens is 343 g/mol.